The van der Waals surface area contributed by atoms with E-state index < -0.39 is 11.5 Å². The second-order valence-corrected chi connectivity index (χ2v) is 4.38. The quantitative estimate of drug-likeness (QED) is 0.136. The van der Waals surface area contributed by atoms with Crippen molar-refractivity contribution in [1.82, 2.24) is 0 Å². The van der Waals surface area contributed by atoms with E-state index in [9.17, 15) is 9.59 Å². The predicted molar refractivity (Wildman–Crippen MR) is 56.9 cm³/mol. The lowest BCUT2D eigenvalue weighted by Gasteiger charge is -2.21. The molecule has 0 saturated heterocycles. The normalized spacial score (nSPS) is 36.8. The van der Waals surface area contributed by atoms with Gasteiger partial charge in [-0.3, -0.25) is 9.59 Å². The SMILES string of the molecule is COOCC1C2CC(=O)C(N=[N+]=[N-])(C(=O)OC)C12. The molecule has 0 heterocycles. The van der Waals surface area contributed by atoms with Gasteiger partial charge in [0, 0.05) is 11.3 Å². The Balaban J connectivity index is 2.25. The summed E-state index contributed by atoms with van der Waals surface area (Å²) in [5, 5.41) is 3.45. The van der Waals surface area contributed by atoms with Gasteiger partial charge in [-0.25, -0.2) is 9.78 Å². The number of azide groups is 1. The van der Waals surface area contributed by atoms with Crippen LogP contribution in [0.15, 0.2) is 5.11 Å². The monoisotopic (exact) mass is 255 g/mol. The molecule has 0 aromatic rings. The number of esters is 1. The average molecular weight is 255 g/mol. The Morgan fingerprint density at radius 3 is 2.89 bits per heavy atom. The first kappa shape index (κ1) is 12.8. The van der Waals surface area contributed by atoms with Gasteiger partial charge in [-0.05, 0) is 23.3 Å². The number of ether oxygens (including phenoxy) is 1. The molecule has 8 heteroatoms. The highest BCUT2D eigenvalue weighted by molar-refractivity contribution is 6.12. The fraction of sp³-hybridized carbons (Fsp3) is 0.800. The molecule has 0 aromatic carbocycles. The number of hydrogen-bond acceptors (Lipinski definition) is 6. The molecular weight excluding hydrogens is 242 g/mol. The third kappa shape index (κ3) is 1.58. The molecule has 2 aliphatic rings. The maximum Gasteiger partial charge on any atom is 0.325 e. The number of nitrogens with zero attached hydrogens (tertiary/aromatic N) is 3. The van der Waals surface area contributed by atoms with E-state index >= 15 is 0 Å². The molecule has 0 radical (unpaired) electrons. The van der Waals surface area contributed by atoms with E-state index in [0.29, 0.717) is 0 Å². The molecule has 0 amide bonds. The first-order valence-electron chi connectivity index (χ1n) is 5.47. The summed E-state index contributed by atoms with van der Waals surface area (Å²) in [6.07, 6.45) is 0.205. The molecule has 0 N–H and O–H groups in total. The second-order valence-electron chi connectivity index (χ2n) is 4.38. The first-order chi connectivity index (χ1) is 8.63. The Morgan fingerprint density at radius 1 is 1.61 bits per heavy atom. The third-order valence-electron chi connectivity index (χ3n) is 3.74. The molecule has 8 nitrogen and oxygen atoms in total. The molecule has 2 rings (SSSR count). The summed E-state index contributed by atoms with van der Waals surface area (Å²) in [4.78, 5) is 35.7. The highest BCUT2D eigenvalue weighted by atomic mass is 17.2. The lowest BCUT2D eigenvalue weighted by atomic mass is 9.90. The molecule has 0 spiro atoms. The van der Waals surface area contributed by atoms with Crippen LogP contribution in [0.1, 0.15) is 6.42 Å². The molecule has 0 bridgehead atoms. The number of methoxy groups -OCH3 is 1. The third-order valence-corrected chi connectivity index (χ3v) is 3.74. The zero-order valence-corrected chi connectivity index (χ0v) is 10.0. The minimum absolute atomic E-state index is 0.00255. The van der Waals surface area contributed by atoms with Gasteiger partial charge in [-0.1, -0.05) is 5.11 Å². The van der Waals surface area contributed by atoms with Crippen LogP contribution in [0.4, 0.5) is 0 Å². The average Bonchev–Trinajstić information content (AvgIpc) is 2.96. The zero-order chi connectivity index (χ0) is 13.3. The first-order valence-corrected chi connectivity index (χ1v) is 5.47. The largest absolute Gasteiger partial charge is 0.468 e. The molecular formula is C10H13N3O5. The number of Topliss-reactive ketones (excluding diaryl/α,β-unsaturated/α-hetero) is 1. The fourth-order valence-corrected chi connectivity index (χ4v) is 2.91. The molecule has 2 saturated carbocycles. The number of hydrogen-bond donors (Lipinski definition) is 0. The standard InChI is InChI=1S/C10H13N3O5/c1-16-9(15)10(12-13-11)7(14)3-5-6(8(5)10)4-18-17-2/h5-6,8H,3-4H2,1-2H3. The Bertz CT molecular complexity index is 433. The van der Waals surface area contributed by atoms with Crippen molar-refractivity contribution in [3.8, 4) is 0 Å². The Labute approximate surface area is 103 Å². The van der Waals surface area contributed by atoms with Crippen LogP contribution >= 0.6 is 0 Å². The molecule has 18 heavy (non-hydrogen) atoms. The lowest BCUT2D eigenvalue weighted by Crippen LogP contribution is -2.46. The van der Waals surface area contributed by atoms with Crippen LogP contribution in [0.25, 0.3) is 10.4 Å². The van der Waals surface area contributed by atoms with E-state index in [0.717, 1.165) is 0 Å². The van der Waals surface area contributed by atoms with Crippen LogP contribution in [-0.4, -0.2) is 38.1 Å². The van der Waals surface area contributed by atoms with Crippen molar-refractivity contribution in [1.29, 1.82) is 0 Å². The van der Waals surface area contributed by atoms with Crippen molar-refractivity contribution in [3.63, 3.8) is 0 Å². The summed E-state index contributed by atoms with van der Waals surface area (Å²) in [5.74, 6) is -1.54. The van der Waals surface area contributed by atoms with Crippen molar-refractivity contribution < 1.29 is 24.1 Å². The van der Waals surface area contributed by atoms with E-state index in [2.05, 4.69) is 19.7 Å². The van der Waals surface area contributed by atoms with Gasteiger partial charge in [0.25, 0.3) is 0 Å². The lowest BCUT2D eigenvalue weighted by molar-refractivity contribution is -0.276. The molecule has 2 fully saturated rings. The summed E-state index contributed by atoms with van der Waals surface area (Å²) < 4.78 is 4.61. The van der Waals surface area contributed by atoms with Gasteiger partial charge in [0.2, 0.25) is 5.54 Å². The smallest absolute Gasteiger partial charge is 0.325 e. The molecule has 0 aliphatic heterocycles. The Morgan fingerprint density at radius 2 is 2.33 bits per heavy atom. The second kappa shape index (κ2) is 4.56. The highest BCUT2D eigenvalue weighted by Gasteiger charge is 2.73. The molecule has 0 aromatic heterocycles. The van der Waals surface area contributed by atoms with Gasteiger partial charge >= 0.3 is 5.97 Å². The maximum atomic E-state index is 11.9. The van der Waals surface area contributed by atoms with Gasteiger partial charge < -0.3 is 4.74 Å². The van der Waals surface area contributed by atoms with Crippen LogP contribution in [-0.2, 0) is 24.1 Å². The Hall–Kier alpha value is -1.63. The van der Waals surface area contributed by atoms with E-state index in [1.807, 2.05) is 0 Å². The maximum absolute atomic E-state index is 11.9. The summed E-state index contributed by atoms with van der Waals surface area (Å²) in [7, 11) is 2.55. The molecule has 2 aliphatic carbocycles. The molecule has 4 unspecified atom stereocenters. The number of carbonyl (C=O) groups excluding carboxylic acids is 2. The van der Waals surface area contributed by atoms with Gasteiger partial charge in [-0.15, -0.1) is 0 Å². The van der Waals surface area contributed by atoms with Crippen LogP contribution in [0.5, 0.6) is 0 Å². The van der Waals surface area contributed by atoms with E-state index in [1.165, 1.54) is 14.2 Å². The van der Waals surface area contributed by atoms with Gasteiger partial charge in [0.05, 0.1) is 20.8 Å². The fourth-order valence-electron chi connectivity index (χ4n) is 2.91. The topological polar surface area (TPSA) is 111 Å². The van der Waals surface area contributed by atoms with E-state index in [-0.39, 0.29) is 36.6 Å². The summed E-state index contributed by atoms with van der Waals surface area (Å²) in [6.45, 7) is 0.263. The minimum Gasteiger partial charge on any atom is -0.468 e. The van der Waals surface area contributed by atoms with Gasteiger partial charge in [0.15, 0.2) is 5.78 Å². The van der Waals surface area contributed by atoms with Crippen LogP contribution in [0.2, 0.25) is 0 Å². The Kier molecular flexibility index (Phi) is 3.25. The number of carbonyl (C=O) groups is 2. The van der Waals surface area contributed by atoms with Crippen LogP contribution in [0.3, 0.4) is 0 Å². The molecule has 4 atom stereocenters. The predicted octanol–water partition coefficient (Wildman–Crippen LogP) is 0.621. The van der Waals surface area contributed by atoms with Crippen LogP contribution in [0, 0.1) is 17.8 Å². The number of fused-ring (bicyclic) bond motifs is 1. The minimum atomic E-state index is -1.71. The van der Waals surface area contributed by atoms with Gasteiger partial charge in [0.1, 0.15) is 0 Å². The summed E-state index contributed by atoms with van der Waals surface area (Å²) in [6, 6.07) is 0. The molecule has 98 valence electrons. The van der Waals surface area contributed by atoms with Crippen molar-refractivity contribution in [2.45, 2.75) is 12.0 Å². The zero-order valence-electron chi connectivity index (χ0n) is 10.0. The number of ketones is 1. The summed E-state index contributed by atoms with van der Waals surface area (Å²) in [5.41, 5.74) is 6.88. The van der Waals surface area contributed by atoms with Crippen molar-refractivity contribution in [2.24, 2.45) is 22.9 Å². The van der Waals surface area contributed by atoms with E-state index in [1.54, 1.807) is 0 Å². The van der Waals surface area contributed by atoms with Gasteiger partial charge in [-0.2, -0.15) is 0 Å². The summed E-state index contributed by atoms with van der Waals surface area (Å²) >= 11 is 0. The van der Waals surface area contributed by atoms with Crippen LogP contribution < -0.4 is 0 Å². The van der Waals surface area contributed by atoms with E-state index in [4.69, 9.17) is 10.4 Å². The highest BCUT2D eigenvalue weighted by Crippen LogP contribution is 2.62. The van der Waals surface area contributed by atoms with Crippen molar-refractivity contribution in [3.05, 3.63) is 10.4 Å². The van der Waals surface area contributed by atoms with Crippen molar-refractivity contribution in [2.75, 3.05) is 20.8 Å². The number of rotatable bonds is 5. The van der Waals surface area contributed by atoms with Crippen molar-refractivity contribution >= 4 is 11.8 Å².